The Kier molecular flexibility index (Phi) is 4.37. The summed E-state index contributed by atoms with van der Waals surface area (Å²) in [5.41, 5.74) is 0.158. The van der Waals surface area contributed by atoms with Crippen molar-refractivity contribution in [3.63, 3.8) is 0 Å². The standard InChI is InChI=1S/C17H14F3N3O2S/c1-11-6-2-3-7-12(11)14-10-16(17(18,19)20)22-23(14)13-8-4-5-9-15(13)26(21,24)25/h2-10H,1H3,(H2,21,24,25). The van der Waals surface area contributed by atoms with Gasteiger partial charge < -0.3 is 0 Å². The maximum Gasteiger partial charge on any atom is 0.435 e. The van der Waals surface area contributed by atoms with Crippen LogP contribution in [0.2, 0.25) is 0 Å². The van der Waals surface area contributed by atoms with Crippen molar-refractivity contribution in [1.82, 2.24) is 9.78 Å². The summed E-state index contributed by atoms with van der Waals surface area (Å²) in [5.74, 6) is 0. The minimum Gasteiger partial charge on any atom is -0.231 e. The molecule has 3 aromatic rings. The van der Waals surface area contributed by atoms with Gasteiger partial charge in [-0.05, 0) is 30.7 Å². The second-order valence-electron chi connectivity index (χ2n) is 5.65. The van der Waals surface area contributed by atoms with E-state index in [0.717, 1.165) is 16.3 Å². The van der Waals surface area contributed by atoms with Crippen molar-refractivity contribution in [3.05, 3.63) is 65.9 Å². The Bertz CT molecular complexity index is 1070. The number of sulfonamides is 1. The Morgan fingerprint density at radius 2 is 1.65 bits per heavy atom. The van der Waals surface area contributed by atoms with Gasteiger partial charge >= 0.3 is 6.18 Å². The van der Waals surface area contributed by atoms with E-state index in [1.807, 2.05) is 0 Å². The molecule has 0 fully saturated rings. The first-order valence-electron chi connectivity index (χ1n) is 7.44. The number of hydrogen-bond donors (Lipinski definition) is 1. The van der Waals surface area contributed by atoms with E-state index in [0.29, 0.717) is 5.56 Å². The number of para-hydroxylation sites is 1. The number of primary sulfonamides is 1. The number of aromatic nitrogens is 2. The van der Waals surface area contributed by atoms with E-state index in [2.05, 4.69) is 5.10 Å². The first kappa shape index (κ1) is 18.2. The zero-order valence-electron chi connectivity index (χ0n) is 13.5. The summed E-state index contributed by atoms with van der Waals surface area (Å²) in [5, 5.41) is 8.83. The molecule has 1 heterocycles. The van der Waals surface area contributed by atoms with E-state index < -0.39 is 21.9 Å². The van der Waals surface area contributed by atoms with Gasteiger partial charge in [-0.15, -0.1) is 0 Å². The van der Waals surface area contributed by atoms with Crippen LogP contribution in [-0.4, -0.2) is 18.2 Å². The third-order valence-corrected chi connectivity index (χ3v) is 4.78. The quantitative estimate of drug-likeness (QED) is 0.754. The maximum atomic E-state index is 13.2. The van der Waals surface area contributed by atoms with Crippen molar-refractivity contribution in [3.8, 4) is 16.9 Å². The van der Waals surface area contributed by atoms with Crippen LogP contribution in [0.4, 0.5) is 13.2 Å². The molecule has 0 bridgehead atoms. The summed E-state index contributed by atoms with van der Waals surface area (Å²) < 4.78 is 64.4. The van der Waals surface area contributed by atoms with Crippen LogP contribution in [0.25, 0.3) is 16.9 Å². The molecule has 0 spiro atoms. The molecule has 0 aliphatic carbocycles. The molecule has 0 atom stereocenters. The summed E-state index contributed by atoms with van der Waals surface area (Å²) in [6, 6.07) is 13.2. The number of nitrogens with zero attached hydrogens (tertiary/aromatic N) is 2. The van der Waals surface area contributed by atoms with Crippen molar-refractivity contribution in [1.29, 1.82) is 0 Å². The monoisotopic (exact) mass is 381 g/mol. The van der Waals surface area contributed by atoms with Crippen molar-refractivity contribution < 1.29 is 21.6 Å². The molecule has 1 aromatic heterocycles. The summed E-state index contributed by atoms with van der Waals surface area (Å²) in [6.07, 6.45) is -4.68. The van der Waals surface area contributed by atoms with Crippen LogP contribution in [0, 0.1) is 6.92 Å². The predicted molar refractivity (Wildman–Crippen MR) is 90.1 cm³/mol. The van der Waals surface area contributed by atoms with Crippen LogP contribution < -0.4 is 5.14 Å². The van der Waals surface area contributed by atoms with E-state index in [-0.39, 0.29) is 16.3 Å². The van der Waals surface area contributed by atoms with Gasteiger partial charge in [0.15, 0.2) is 5.69 Å². The Balaban J connectivity index is 2.36. The normalized spacial score (nSPS) is 12.3. The number of aryl methyl sites for hydroxylation is 1. The summed E-state index contributed by atoms with van der Waals surface area (Å²) in [7, 11) is -4.16. The topological polar surface area (TPSA) is 78.0 Å². The molecular formula is C17H14F3N3O2S. The molecule has 2 aromatic carbocycles. The fourth-order valence-corrected chi connectivity index (χ4v) is 3.34. The molecule has 0 saturated heterocycles. The van der Waals surface area contributed by atoms with E-state index in [1.165, 1.54) is 24.3 Å². The number of rotatable bonds is 3. The molecule has 136 valence electrons. The van der Waals surface area contributed by atoms with Gasteiger partial charge in [-0.25, -0.2) is 18.2 Å². The molecule has 0 aliphatic heterocycles. The Hall–Kier alpha value is -2.65. The summed E-state index contributed by atoms with van der Waals surface area (Å²) in [4.78, 5) is -0.313. The lowest BCUT2D eigenvalue weighted by Gasteiger charge is -2.12. The van der Waals surface area contributed by atoms with Gasteiger partial charge in [0.2, 0.25) is 10.0 Å². The van der Waals surface area contributed by atoms with E-state index >= 15 is 0 Å². The Morgan fingerprint density at radius 1 is 1.04 bits per heavy atom. The van der Waals surface area contributed by atoms with Crippen LogP contribution in [0.3, 0.4) is 0 Å². The number of nitrogens with two attached hydrogens (primary N) is 1. The van der Waals surface area contributed by atoms with Gasteiger partial charge in [-0.3, -0.25) is 0 Å². The first-order chi connectivity index (χ1) is 12.1. The van der Waals surface area contributed by atoms with Gasteiger partial charge in [0, 0.05) is 5.56 Å². The zero-order chi connectivity index (χ0) is 19.1. The summed E-state index contributed by atoms with van der Waals surface area (Å²) >= 11 is 0. The molecule has 5 nitrogen and oxygen atoms in total. The largest absolute Gasteiger partial charge is 0.435 e. The van der Waals surface area contributed by atoms with E-state index in [1.54, 1.807) is 31.2 Å². The van der Waals surface area contributed by atoms with Crippen molar-refractivity contribution in [2.24, 2.45) is 5.14 Å². The second-order valence-corrected chi connectivity index (χ2v) is 7.18. The van der Waals surface area contributed by atoms with E-state index in [4.69, 9.17) is 5.14 Å². The van der Waals surface area contributed by atoms with Gasteiger partial charge in [-0.2, -0.15) is 18.3 Å². The molecule has 9 heteroatoms. The average Bonchev–Trinajstić information content (AvgIpc) is 2.99. The lowest BCUT2D eigenvalue weighted by Crippen LogP contribution is -2.16. The minimum absolute atomic E-state index is 0.0521. The molecule has 3 rings (SSSR count). The number of halogens is 3. The minimum atomic E-state index is -4.68. The maximum absolute atomic E-state index is 13.2. The number of alkyl halides is 3. The molecule has 2 N–H and O–H groups in total. The van der Waals surface area contributed by atoms with Crippen LogP contribution in [0.1, 0.15) is 11.3 Å². The molecule has 0 amide bonds. The Morgan fingerprint density at radius 3 is 2.27 bits per heavy atom. The predicted octanol–water partition coefficient (Wildman–Crippen LogP) is 3.51. The van der Waals surface area contributed by atoms with Crippen molar-refractivity contribution in [2.75, 3.05) is 0 Å². The van der Waals surface area contributed by atoms with Crippen molar-refractivity contribution >= 4 is 10.0 Å². The van der Waals surface area contributed by atoms with Crippen LogP contribution in [-0.2, 0) is 16.2 Å². The van der Waals surface area contributed by atoms with Crippen molar-refractivity contribution in [2.45, 2.75) is 18.0 Å². The first-order valence-corrected chi connectivity index (χ1v) is 8.99. The molecule has 0 aliphatic rings. The molecule has 0 radical (unpaired) electrons. The highest BCUT2D eigenvalue weighted by atomic mass is 32.2. The third-order valence-electron chi connectivity index (χ3n) is 3.82. The van der Waals surface area contributed by atoms with Gasteiger partial charge in [0.05, 0.1) is 11.4 Å². The smallest absolute Gasteiger partial charge is 0.231 e. The zero-order valence-corrected chi connectivity index (χ0v) is 14.3. The fraction of sp³-hybridized carbons (Fsp3) is 0.118. The number of benzene rings is 2. The number of hydrogen-bond acceptors (Lipinski definition) is 3. The highest BCUT2D eigenvalue weighted by Crippen LogP contribution is 2.35. The van der Waals surface area contributed by atoms with Crippen LogP contribution in [0.5, 0.6) is 0 Å². The lowest BCUT2D eigenvalue weighted by molar-refractivity contribution is -0.141. The van der Waals surface area contributed by atoms with Gasteiger partial charge in [0.25, 0.3) is 0 Å². The van der Waals surface area contributed by atoms with Gasteiger partial charge in [0.1, 0.15) is 4.90 Å². The highest BCUT2D eigenvalue weighted by Gasteiger charge is 2.36. The SMILES string of the molecule is Cc1ccccc1-c1cc(C(F)(F)F)nn1-c1ccccc1S(N)(=O)=O. The second kappa shape index (κ2) is 6.26. The van der Waals surface area contributed by atoms with Gasteiger partial charge in [-0.1, -0.05) is 36.4 Å². The molecular weight excluding hydrogens is 367 g/mol. The van der Waals surface area contributed by atoms with Crippen LogP contribution >= 0.6 is 0 Å². The molecule has 0 unspecified atom stereocenters. The molecule has 0 saturated carbocycles. The Labute approximate surface area is 147 Å². The van der Waals surface area contributed by atoms with Crippen LogP contribution in [0.15, 0.2) is 59.5 Å². The average molecular weight is 381 g/mol. The lowest BCUT2D eigenvalue weighted by atomic mass is 10.1. The summed E-state index contributed by atoms with van der Waals surface area (Å²) in [6.45, 7) is 1.74. The fourth-order valence-electron chi connectivity index (χ4n) is 2.63. The third kappa shape index (κ3) is 3.35. The highest BCUT2D eigenvalue weighted by molar-refractivity contribution is 7.89. The molecule has 26 heavy (non-hydrogen) atoms. The van der Waals surface area contributed by atoms with E-state index in [9.17, 15) is 21.6 Å².